The summed E-state index contributed by atoms with van der Waals surface area (Å²) in [5.41, 5.74) is 0.363. The van der Waals surface area contributed by atoms with Crippen LogP contribution >= 0.6 is 11.3 Å². The third-order valence-corrected chi connectivity index (χ3v) is 2.90. The molecule has 0 saturated heterocycles. The van der Waals surface area contributed by atoms with E-state index in [4.69, 9.17) is 5.11 Å². The van der Waals surface area contributed by atoms with E-state index < -0.39 is 17.0 Å². The fourth-order valence-electron chi connectivity index (χ4n) is 0.980. The Bertz CT molecular complexity index is 372. The maximum atomic E-state index is 12.0. The number of hydrogen-bond acceptors (Lipinski definition) is 4. The van der Waals surface area contributed by atoms with Crippen molar-refractivity contribution in [2.75, 3.05) is 6.61 Å². The summed E-state index contributed by atoms with van der Waals surface area (Å²) in [5, 5.41) is 8.06. The number of carbonyl (C=O) groups is 1. The Morgan fingerprint density at radius 1 is 1.53 bits per heavy atom. The van der Waals surface area contributed by atoms with Crippen LogP contribution in [0.1, 0.15) is 20.4 Å². The van der Waals surface area contributed by atoms with Gasteiger partial charge in [-0.2, -0.15) is 13.2 Å². The molecule has 0 bridgehead atoms. The number of ketones is 1. The first-order valence-electron chi connectivity index (χ1n) is 4.05. The molecular weight excluding hydrogens is 231 g/mol. The molecule has 3 nitrogen and oxygen atoms in total. The average molecular weight is 239 g/mol. The number of alkyl halides is 3. The maximum absolute atomic E-state index is 12.0. The van der Waals surface area contributed by atoms with Crippen molar-refractivity contribution in [2.45, 2.75) is 19.5 Å². The zero-order valence-electron chi connectivity index (χ0n) is 7.76. The second-order valence-corrected chi connectivity index (χ2v) is 3.91. The Morgan fingerprint density at radius 3 is 2.60 bits per heavy atom. The van der Waals surface area contributed by atoms with E-state index in [0.29, 0.717) is 21.9 Å². The van der Waals surface area contributed by atoms with Crippen molar-refractivity contribution >= 4 is 17.1 Å². The van der Waals surface area contributed by atoms with E-state index in [9.17, 15) is 18.0 Å². The van der Waals surface area contributed by atoms with Gasteiger partial charge in [-0.1, -0.05) is 0 Å². The number of nitrogens with zero attached hydrogens (tertiary/aromatic N) is 1. The predicted molar refractivity (Wildman–Crippen MR) is 48.0 cm³/mol. The number of aryl methyl sites for hydroxylation is 1. The van der Waals surface area contributed by atoms with Crippen LogP contribution < -0.4 is 0 Å². The molecule has 0 atom stereocenters. The van der Waals surface area contributed by atoms with Gasteiger partial charge in [0.15, 0.2) is 5.01 Å². The van der Waals surface area contributed by atoms with Gasteiger partial charge in [0.05, 0.1) is 5.69 Å². The van der Waals surface area contributed by atoms with Crippen molar-refractivity contribution in [3.63, 3.8) is 0 Å². The lowest BCUT2D eigenvalue weighted by Gasteiger charge is -2.00. The Kier molecular flexibility index (Phi) is 3.46. The first kappa shape index (κ1) is 12.1. The molecule has 84 valence electrons. The van der Waals surface area contributed by atoms with E-state index in [1.165, 1.54) is 6.92 Å². The van der Waals surface area contributed by atoms with Crippen molar-refractivity contribution in [1.29, 1.82) is 0 Å². The highest BCUT2D eigenvalue weighted by Crippen LogP contribution is 2.26. The summed E-state index contributed by atoms with van der Waals surface area (Å²) in [5.74, 6) is -1.93. The van der Waals surface area contributed by atoms with E-state index in [2.05, 4.69) is 4.98 Å². The normalized spacial score (nSPS) is 11.8. The summed E-state index contributed by atoms with van der Waals surface area (Å²) in [4.78, 5) is 14.8. The minimum absolute atomic E-state index is 0.178. The monoisotopic (exact) mass is 239 g/mol. The fourth-order valence-corrected chi connectivity index (χ4v) is 1.99. The summed E-state index contributed by atoms with van der Waals surface area (Å²) >= 11 is 0.678. The van der Waals surface area contributed by atoms with Gasteiger partial charge in [0.1, 0.15) is 0 Å². The molecule has 1 rings (SSSR count). The molecule has 0 aromatic carbocycles. The zero-order valence-corrected chi connectivity index (χ0v) is 8.58. The van der Waals surface area contributed by atoms with Crippen LogP contribution in [0.4, 0.5) is 13.2 Å². The second-order valence-electron chi connectivity index (χ2n) is 2.83. The van der Waals surface area contributed by atoms with Crippen molar-refractivity contribution in [3.8, 4) is 0 Å². The molecule has 15 heavy (non-hydrogen) atoms. The molecule has 7 heteroatoms. The highest BCUT2D eigenvalue weighted by Gasteiger charge is 2.41. The third-order valence-electron chi connectivity index (χ3n) is 1.68. The van der Waals surface area contributed by atoms with E-state index in [-0.39, 0.29) is 13.0 Å². The van der Waals surface area contributed by atoms with Crippen LogP contribution in [-0.4, -0.2) is 28.7 Å². The lowest BCUT2D eigenvalue weighted by atomic mass is 10.3. The van der Waals surface area contributed by atoms with Crippen molar-refractivity contribution in [2.24, 2.45) is 0 Å². The topological polar surface area (TPSA) is 50.2 Å². The van der Waals surface area contributed by atoms with Gasteiger partial charge in [0.25, 0.3) is 5.78 Å². The Morgan fingerprint density at radius 2 is 2.13 bits per heavy atom. The molecule has 0 spiro atoms. The van der Waals surface area contributed by atoms with E-state index in [0.717, 1.165) is 0 Å². The highest BCUT2D eigenvalue weighted by molar-refractivity contribution is 7.13. The molecule has 0 aliphatic heterocycles. The lowest BCUT2D eigenvalue weighted by molar-refractivity contribution is -0.0885. The van der Waals surface area contributed by atoms with E-state index in [1.807, 2.05) is 0 Å². The van der Waals surface area contributed by atoms with Gasteiger partial charge in [-0.05, 0) is 6.92 Å². The number of hydrogen-bond donors (Lipinski definition) is 1. The summed E-state index contributed by atoms with van der Waals surface area (Å²) in [6.07, 6.45) is -4.67. The smallest absolute Gasteiger partial charge is 0.396 e. The molecule has 0 aliphatic carbocycles. The molecule has 1 aromatic heterocycles. The summed E-state index contributed by atoms with van der Waals surface area (Å²) in [6, 6.07) is 0. The lowest BCUT2D eigenvalue weighted by Crippen LogP contribution is -2.22. The van der Waals surface area contributed by atoms with E-state index in [1.54, 1.807) is 0 Å². The van der Waals surface area contributed by atoms with Gasteiger partial charge >= 0.3 is 6.18 Å². The minimum atomic E-state index is -4.89. The van der Waals surface area contributed by atoms with Gasteiger partial charge in [-0.15, -0.1) is 11.3 Å². The number of Topliss-reactive ketones (excluding diaryl/α,β-unsaturated/α-hetero) is 1. The number of carbonyl (C=O) groups excluding carboxylic acids is 1. The molecule has 1 heterocycles. The largest absolute Gasteiger partial charge is 0.457 e. The number of aliphatic hydroxyl groups is 1. The molecule has 0 amide bonds. The van der Waals surface area contributed by atoms with Crippen LogP contribution in [0.15, 0.2) is 0 Å². The van der Waals surface area contributed by atoms with Crippen molar-refractivity contribution in [3.05, 3.63) is 15.6 Å². The molecular formula is C8H8F3NO2S. The van der Waals surface area contributed by atoms with E-state index >= 15 is 0 Å². The van der Waals surface area contributed by atoms with Crippen LogP contribution in [0.3, 0.4) is 0 Å². The summed E-state index contributed by atoms with van der Waals surface area (Å²) in [7, 11) is 0. The third kappa shape index (κ3) is 2.75. The quantitative estimate of drug-likeness (QED) is 0.817. The summed E-state index contributed by atoms with van der Waals surface area (Å²) < 4.78 is 36.1. The van der Waals surface area contributed by atoms with Gasteiger partial charge in [-0.25, -0.2) is 4.98 Å². The first-order chi connectivity index (χ1) is 6.86. The second kappa shape index (κ2) is 4.28. The van der Waals surface area contributed by atoms with Crippen LogP contribution in [0, 0.1) is 6.92 Å². The molecule has 1 aromatic rings. The number of halogens is 3. The Balaban J connectivity index is 2.97. The molecule has 0 aliphatic rings. The number of rotatable bonds is 3. The average Bonchev–Trinajstić information content (AvgIpc) is 2.46. The predicted octanol–water partition coefficient (Wildman–Crippen LogP) is 1.73. The zero-order chi connectivity index (χ0) is 11.6. The van der Waals surface area contributed by atoms with Gasteiger partial charge in [-0.3, -0.25) is 4.79 Å². The first-order valence-corrected chi connectivity index (χ1v) is 4.86. The minimum Gasteiger partial charge on any atom is -0.396 e. The standard InChI is InChI=1S/C8H8F3NO2S/c1-4-5(2-3-13)15-7(12-4)6(14)8(9,10)11/h13H,2-3H2,1H3. The molecule has 0 fully saturated rings. The fraction of sp³-hybridized carbons (Fsp3) is 0.500. The molecule has 0 saturated carbocycles. The number of aromatic nitrogens is 1. The van der Waals surface area contributed by atoms with Gasteiger partial charge < -0.3 is 5.11 Å². The van der Waals surface area contributed by atoms with Crippen molar-refractivity contribution in [1.82, 2.24) is 4.98 Å². The van der Waals surface area contributed by atoms with Crippen molar-refractivity contribution < 1.29 is 23.1 Å². The van der Waals surface area contributed by atoms with Crippen LogP contribution in [0.25, 0.3) is 0 Å². The van der Waals surface area contributed by atoms with Crippen LogP contribution in [0.5, 0.6) is 0 Å². The Labute approximate surface area is 87.6 Å². The highest BCUT2D eigenvalue weighted by atomic mass is 32.1. The number of aliphatic hydroxyl groups excluding tert-OH is 1. The van der Waals surface area contributed by atoms with Gasteiger partial charge in [0, 0.05) is 17.9 Å². The van der Waals surface area contributed by atoms with Gasteiger partial charge in [0.2, 0.25) is 0 Å². The molecule has 0 unspecified atom stereocenters. The molecule has 1 N–H and O–H groups in total. The SMILES string of the molecule is Cc1nc(C(=O)C(F)(F)F)sc1CCO. The molecule has 0 radical (unpaired) electrons. The Hall–Kier alpha value is -0.950. The summed E-state index contributed by atoms with van der Waals surface area (Å²) in [6.45, 7) is 1.33. The maximum Gasteiger partial charge on any atom is 0.457 e. The van der Waals surface area contributed by atoms with Crippen LogP contribution in [-0.2, 0) is 6.42 Å². The van der Waals surface area contributed by atoms with Crippen LogP contribution in [0.2, 0.25) is 0 Å². The number of thiazole rings is 1.